The lowest BCUT2D eigenvalue weighted by atomic mass is 10.1. The Kier molecular flexibility index (Phi) is 3.27. The van der Waals surface area contributed by atoms with E-state index in [1.54, 1.807) is 0 Å². The van der Waals surface area contributed by atoms with Gasteiger partial charge in [0.1, 0.15) is 0 Å². The van der Waals surface area contributed by atoms with E-state index >= 15 is 0 Å². The van der Waals surface area contributed by atoms with Gasteiger partial charge >= 0.3 is 0 Å². The van der Waals surface area contributed by atoms with E-state index in [9.17, 15) is 0 Å². The molecule has 0 radical (unpaired) electrons. The van der Waals surface area contributed by atoms with Crippen molar-refractivity contribution in [1.29, 1.82) is 0 Å². The van der Waals surface area contributed by atoms with Crippen LogP contribution in [0.1, 0.15) is 18.1 Å². The molecule has 3 heteroatoms. The van der Waals surface area contributed by atoms with Crippen LogP contribution in [-0.4, -0.2) is 44.2 Å². The summed E-state index contributed by atoms with van der Waals surface area (Å²) in [5.41, 5.74) is 4.42. The van der Waals surface area contributed by atoms with Crippen LogP contribution in [-0.2, 0) is 13.0 Å². The van der Waals surface area contributed by atoms with Crippen molar-refractivity contribution < 1.29 is 0 Å². The zero-order valence-corrected chi connectivity index (χ0v) is 11.4. The zero-order chi connectivity index (χ0) is 12.5. The summed E-state index contributed by atoms with van der Waals surface area (Å²) < 4.78 is 0. The Bertz CT molecular complexity index is 430. The molecular weight excluding hydrogens is 222 g/mol. The Morgan fingerprint density at radius 2 is 2.22 bits per heavy atom. The predicted molar refractivity (Wildman–Crippen MR) is 76.2 cm³/mol. The van der Waals surface area contributed by atoms with Crippen molar-refractivity contribution in [2.45, 2.75) is 25.9 Å². The number of piperazine rings is 1. The van der Waals surface area contributed by atoms with E-state index in [-0.39, 0.29) is 0 Å². The monoisotopic (exact) mass is 245 g/mol. The number of nitrogens with one attached hydrogen (secondary N) is 1. The number of fused-ring (bicyclic) bond motifs is 1. The molecule has 1 fully saturated rings. The first-order valence-electron chi connectivity index (χ1n) is 7.01. The van der Waals surface area contributed by atoms with Crippen LogP contribution in [0.25, 0.3) is 0 Å². The van der Waals surface area contributed by atoms with Crippen LogP contribution in [0.4, 0.5) is 5.69 Å². The summed E-state index contributed by atoms with van der Waals surface area (Å²) >= 11 is 0. The van der Waals surface area contributed by atoms with Crippen LogP contribution in [0.3, 0.4) is 0 Å². The minimum atomic E-state index is 0.624. The molecule has 18 heavy (non-hydrogen) atoms. The minimum absolute atomic E-state index is 0.624. The van der Waals surface area contributed by atoms with Gasteiger partial charge in [0.2, 0.25) is 0 Å². The zero-order valence-electron chi connectivity index (χ0n) is 11.4. The standard InChI is InChI=1S/C15H23N3/c1-12-10-18(8-6-16-12)11-13-3-4-15-14(9-13)5-7-17(15)2/h3-4,9,12,16H,5-8,10-11H2,1-2H3. The third-order valence-corrected chi connectivity index (χ3v) is 4.13. The highest BCUT2D eigenvalue weighted by Gasteiger charge is 2.18. The number of rotatable bonds is 2. The quantitative estimate of drug-likeness (QED) is 0.851. The first-order valence-corrected chi connectivity index (χ1v) is 7.01. The fourth-order valence-electron chi connectivity index (χ4n) is 3.13. The lowest BCUT2D eigenvalue weighted by Gasteiger charge is -2.31. The number of hydrogen-bond donors (Lipinski definition) is 1. The van der Waals surface area contributed by atoms with Gasteiger partial charge in [-0.25, -0.2) is 0 Å². The molecule has 0 aromatic heterocycles. The molecule has 3 rings (SSSR count). The topological polar surface area (TPSA) is 18.5 Å². The molecule has 0 saturated carbocycles. The summed E-state index contributed by atoms with van der Waals surface area (Å²) in [5.74, 6) is 0. The average Bonchev–Trinajstić information content (AvgIpc) is 2.71. The number of benzene rings is 1. The van der Waals surface area contributed by atoms with Crippen molar-refractivity contribution in [3.8, 4) is 0 Å². The lowest BCUT2D eigenvalue weighted by Crippen LogP contribution is -2.48. The Morgan fingerprint density at radius 3 is 3.06 bits per heavy atom. The van der Waals surface area contributed by atoms with E-state index in [1.165, 1.54) is 36.3 Å². The van der Waals surface area contributed by atoms with Crippen LogP contribution < -0.4 is 10.2 Å². The van der Waals surface area contributed by atoms with Crippen LogP contribution in [0.15, 0.2) is 18.2 Å². The smallest absolute Gasteiger partial charge is 0.0397 e. The molecule has 0 aliphatic carbocycles. The fourth-order valence-corrected chi connectivity index (χ4v) is 3.13. The number of nitrogens with zero attached hydrogens (tertiary/aromatic N) is 2. The molecule has 98 valence electrons. The van der Waals surface area contributed by atoms with Gasteiger partial charge in [-0.1, -0.05) is 12.1 Å². The molecule has 1 saturated heterocycles. The molecule has 0 spiro atoms. The molecule has 2 aliphatic heterocycles. The van der Waals surface area contributed by atoms with Gasteiger partial charge in [-0.05, 0) is 30.5 Å². The maximum absolute atomic E-state index is 3.50. The van der Waals surface area contributed by atoms with Gasteiger partial charge in [-0.2, -0.15) is 0 Å². The molecule has 2 aliphatic rings. The summed E-state index contributed by atoms with van der Waals surface area (Å²) in [6.07, 6.45) is 1.21. The van der Waals surface area contributed by atoms with E-state index in [0.717, 1.165) is 19.6 Å². The molecule has 1 N–H and O–H groups in total. The first kappa shape index (κ1) is 12.0. The molecule has 0 bridgehead atoms. The maximum Gasteiger partial charge on any atom is 0.0397 e. The highest BCUT2D eigenvalue weighted by atomic mass is 15.2. The fraction of sp³-hybridized carbons (Fsp3) is 0.600. The van der Waals surface area contributed by atoms with Gasteiger partial charge in [-0.3, -0.25) is 4.90 Å². The first-order chi connectivity index (χ1) is 8.72. The van der Waals surface area contributed by atoms with Gasteiger partial charge in [0.25, 0.3) is 0 Å². The Labute approximate surface area is 110 Å². The summed E-state index contributed by atoms with van der Waals surface area (Å²) in [4.78, 5) is 4.91. The second-order valence-electron chi connectivity index (χ2n) is 5.72. The van der Waals surface area contributed by atoms with Crippen molar-refractivity contribution in [3.63, 3.8) is 0 Å². The molecule has 2 heterocycles. The SMILES string of the molecule is CC1CN(Cc2ccc3c(c2)CCN3C)CCN1. The summed E-state index contributed by atoms with van der Waals surface area (Å²) in [6, 6.07) is 7.63. The van der Waals surface area contributed by atoms with Gasteiger partial charge in [0.15, 0.2) is 0 Å². The van der Waals surface area contributed by atoms with Crippen LogP contribution >= 0.6 is 0 Å². The number of anilines is 1. The molecule has 0 amide bonds. The maximum atomic E-state index is 3.50. The molecule has 1 aromatic rings. The van der Waals surface area contributed by atoms with Crippen molar-refractivity contribution >= 4 is 5.69 Å². The van der Waals surface area contributed by atoms with Gasteiger partial charge in [0.05, 0.1) is 0 Å². The Morgan fingerprint density at radius 1 is 1.33 bits per heavy atom. The van der Waals surface area contributed by atoms with Crippen molar-refractivity contribution in [1.82, 2.24) is 10.2 Å². The minimum Gasteiger partial charge on any atom is -0.374 e. The number of likely N-dealkylation sites (N-methyl/N-ethyl adjacent to an activating group) is 1. The molecule has 1 unspecified atom stereocenters. The normalized spacial score (nSPS) is 24.3. The van der Waals surface area contributed by atoms with Crippen LogP contribution in [0, 0.1) is 0 Å². The van der Waals surface area contributed by atoms with Crippen molar-refractivity contribution in [3.05, 3.63) is 29.3 Å². The second kappa shape index (κ2) is 4.90. The Balaban J connectivity index is 1.70. The van der Waals surface area contributed by atoms with E-state index in [4.69, 9.17) is 0 Å². The number of hydrogen-bond acceptors (Lipinski definition) is 3. The van der Waals surface area contributed by atoms with E-state index in [0.29, 0.717) is 6.04 Å². The highest BCUT2D eigenvalue weighted by Crippen LogP contribution is 2.27. The second-order valence-corrected chi connectivity index (χ2v) is 5.72. The van der Waals surface area contributed by atoms with Gasteiger partial charge in [-0.15, -0.1) is 0 Å². The van der Waals surface area contributed by atoms with Crippen molar-refractivity contribution in [2.75, 3.05) is 38.1 Å². The average molecular weight is 245 g/mol. The van der Waals surface area contributed by atoms with E-state index in [1.807, 2.05) is 0 Å². The third kappa shape index (κ3) is 2.38. The largest absolute Gasteiger partial charge is 0.374 e. The Hall–Kier alpha value is -1.06. The van der Waals surface area contributed by atoms with E-state index in [2.05, 4.69) is 47.3 Å². The van der Waals surface area contributed by atoms with E-state index < -0.39 is 0 Å². The summed E-state index contributed by atoms with van der Waals surface area (Å²) in [5, 5.41) is 3.50. The van der Waals surface area contributed by atoms with Crippen LogP contribution in [0.2, 0.25) is 0 Å². The lowest BCUT2D eigenvalue weighted by molar-refractivity contribution is 0.199. The van der Waals surface area contributed by atoms with Gasteiger partial charge in [0, 0.05) is 51.5 Å². The predicted octanol–water partition coefficient (Wildman–Crippen LogP) is 1.47. The molecule has 1 aromatic carbocycles. The highest BCUT2D eigenvalue weighted by molar-refractivity contribution is 5.58. The van der Waals surface area contributed by atoms with Crippen LogP contribution in [0.5, 0.6) is 0 Å². The van der Waals surface area contributed by atoms with Crippen molar-refractivity contribution in [2.24, 2.45) is 0 Å². The molecule has 1 atom stereocenters. The summed E-state index contributed by atoms with van der Waals surface area (Å²) in [6.45, 7) is 7.99. The van der Waals surface area contributed by atoms with Gasteiger partial charge < -0.3 is 10.2 Å². The molecule has 3 nitrogen and oxygen atoms in total. The third-order valence-electron chi connectivity index (χ3n) is 4.13. The molecular formula is C15H23N3. The summed E-state index contributed by atoms with van der Waals surface area (Å²) in [7, 11) is 2.18.